The predicted octanol–water partition coefficient (Wildman–Crippen LogP) is 2.81. The second kappa shape index (κ2) is 9.43. The second-order valence-corrected chi connectivity index (χ2v) is 7.81. The van der Waals surface area contributed by atoms with Gasteiger partial charge in [0.15, 0.2) is 0 Å². The van der Waals surface area contributed by atoms with Crippen LogP contribution in [0.4, 0.5) is 9.59 Å². The van der Waals surface area contributed by atoms with Crippen LogP contribution in [0.2, 0.25) is 0 Å². The first-order valence-electron chi connectivity index (χ1n) is 9.36. The smallest absolute Gasteiger partial charge is 0.410 e. The Hall–Kier alpha value is -2.77. The summed E-state index contributed by atoms with van der Waals surface area (Å²) in [6, 6.07) is 8.92. The standard InChI is InChI=1S/C20H28N2O6/c1-20(2,3)28-18(25)21-15-9-11-22(12-10-15)19(26)27-16(17(23)24)13-14-7-5-4-6-8-14/h4-8,15-16H,9-13H2,1-3H3,(H,21,25)(H,23,24)/t16-/m0/s1. The van der Waals surface area contributed by atoms with E-state index < -0.39 is 29.9 Å². The molecule has 2 rings (SSSR count). The van der Waals surface area contributed by atoms with E-state index in [1.54, 1.807) is 45.0 Å². The van der Waals surface area contributed by atoms with E-state index in [2.05, 4.69) is 5.32 Å². The zero-order valence-corrected chi connectivity index (χ0v) is 16.5. The first-order valence-corrected chi connectivity index (χ1v) is 9.36. The maximum atomic E-state index is 12.3. The molecule has 1 heterocycles. The Bertz CT molecular complexity index is 678. The zero-order valence-electron chi connectivity index (χ0n) is 16.5. The van der Waals surface area contributed by atoms with Crippen molar-refractivity contribution in [2.24, 2.45) is 0 Å². The third-order valence-electron chi connectivity index (χ3n) is 4.26. The van der Waals surface area contributed by atoms with E-state index in [0.717, 1.165) is 5.56 Å². The number of likely N-dealkylation sites (tertiary alicyclic amines) is 1. The number of nitrogens with one attached hydrogen (secondary N) is 1. The Morgan fingerprint density at radius 3 is 2.32 bits per heavy atom. The molecule has 0 saturated carbocycles. The van der Waals surface area contributed by atoms with Gasteiger partial charge in [-0.1, -0.05) is 30.3 Å². The number of carbonyl (C=O) groups is 3. The number of nitrogens with zero attached hydrogens (tertiary/aromatic N) is 1. The van der Waals surface area contributed by atoms with Gasteiger partial charge in [0.05, 0.1) is 0 Å². The average Bonchev–Trinajstić information content (AvgIpc) is 2.60. The fourth-order valence-electron chi connectivity index (χ4n) is 2.88. The fraction of sp³-hybridized carbons (Fsp3) is 0.550. The van der Waals surface area contributed by atoms with Crippen molar-refractivity contribution in [3.8, 4) is 0 Å². The van der Waals surface area contributed by atoms with Crippen molar-refractivity contribution in [1.29, 1.82) is 0 Å². The van der Waals surface area contributed by atoms with E-state index >= 15 is 0 Å². The molecule has 0 radical (unpaired) electrons. The Kier molecular flexibility index (Phi) is 7.25. The minimum atomic E-state index is -1.24. The van der Waals surface area contributed by atoms with Gasteiger partial charge in [-0.2, -0.15) is 0 Å². The third kappa shape index (κ3) is 7.09. The van der Waals surface area contributed by atoms with Gasteiger partial charge < -0.3 is 24.8 Å². The van der Waals surface area contributed by atoms with Crippen LogP contribution in [0.5, 0.6) is 0 Å². The number of hydrogen-bond donors (Lipinski definition) is 2. The molecule has 1 atom stereocenters. The maximum Gasteiger partial charge on any atom is 0.410 e. The van der Waals surface area contributed by atoms with Crippen LogP contribution in [-0.2, 0) is 20.7 Å². The topological polar surface area (TPSA) is 105 Å². The summed E-state index contributed by atoms with van der Waals surface area (Å²) in [5, 5.41) is 12.2. The minimum absolute atomic E-state index is 0.0986. The van der Waals surface area contributed by atoms with E-state index in [1.165, 1.54) is 4.90 Å². The number of ether oxygens (including phenoxy) is 2. The highest BCUT2D eigenvalue weighted by Crippen LogP contribution is 2.15. The molecule has 154 valence electrons. The highest BCUT2D eigenvalue weighted by atomic mass is 16.6. The van der Waals surface area contributed by atoms with E-state index in [0.29, 0.717) is 25.9 Å². The van der Waals surface area contributed by atoms with Gasteiger partial charge in [-0.05, 0) is 39.2 Å². The average molecular weight is 392 g/mol. The molecule has 1 aromatic rings. The van der Waals surface area contributed by atoms with Gasteiger partial charge in [0.2, 0.25) is 6.10 Å². The van der Waals surface area contributed by atoms with Crippen LogP contribution in [0, 0.1) is 0 Å². The van der Waals surface area contributed by atoms with E-state index in [4.69, 9.17) is 9.47 Å². The van der Waals surface area contributed by atoms with Crippen molar-refractivity contribution >= 4 is 18.2 Å². The molecule has 1 saturated heterocycles. The van der Waals surface area contributed by atoms with Crippen LogP contribution >= 0.6 is 0 Å². The van der Waals surface area contributed by atoms with Crippen LogP contribution in [-0.4, -0.2) is 59.0 Å². The Labute approximate surface area is 164 Å². The van der Waals surface area contributed by atoms with Gasteiger partial charge in [0.25, 0.3) is 0 Å². The highest BCUT2D eigenvalue weighted by molar-refractivity contribution is 5.77. The number of piperidine rings is 1. The lowest BCUT2D eigenvalue weighted by Crippen LogP contribution is -2.48. The lowest BCUT2D eigenvalue weighted by molar-refractivity contribution is -0.147. The van der Waals surface area contributed by atoms with Gasteiger partial charge in [0, 0.05) is 25.6 Å². The summed E-state index contributed by atoms with van der Waals surface area (Å²) in [7, 11) is 0. The van der Waals surface area contributed by atoms with Crippen LogP contribution in [0.3, 0.4) is 0 Å². The molecule has 8 nitrogen and oxygen atoms in total. The number of hydrogen-bond acceptors (Lipinski definition) is 5. The molecule has 1 fully saturated rings. The van der Waals surface area contributed by atoms with Crippen LogP contribution in [0.25, 0.3) is 0 Å². The molecular formula is C20H28N2O6. The molecule has 0 unspecified atom stereocenters. The third-order valence-corrected chi connectivity index (χ3v) is 4.26. The fourth-order valence-corrected chi connectivity index (χ4v) is 2.88. The van der Waals surface area contributed by atoms with Crippen molar-refractivity contribution in [3.05, 3.63) is 35.9 Å². The highest BCUT2D eigenvalue weighted by Gasteiger charge is 2.30. The van der Waals surface area contributed by atoms with E-state index in [9.17, 15) is 19.5 Å². The summed E-state index contributed by atoms with van der Waals surface area (Å²) < 4.78 is 10.4. The lowest BCUT2D eigenvalue weighted by Gasteiger charge is -2.32. The van der Waals surface area contributed by atoms with Crippen molar-refractivity contribution < 1.29 is 29.0 Å². The second-order valence-electron chi connectivity index (χ2n) is 7.81. The van der Waals surface area contributed by atoms with Crippen molar-refractivity contribution in [2.75, 3.05) is 13.1 Å². The molecule has 0 bridgehead atoms. The van der Waals surface area contributed by atoms with Crippen molar-refractivity contribution in [3.63, 3.8) is 0 Å². The van der Waals surface area contributed by atoms with Gasteiger partial charge in [0.1, 0.15) is 5.60 Å². The number of carboxylic acid groups (broad SMARTS) is 1. The molecule has 2 amide bonds. The quantitative estimate of drug-likeness (QED) is 0.798. The predicted molar refractivity (Wildman–Crippen MR) is 102 cm³/mol. The molecule has 28 heavy (non-hydrogen) atoms. The summed E-state index contributed by atoms with van der Waals surface area (Å²) in [5.74, 6) is -1.18. The summed E-state index contributed by atoms with van der Waals surface area (Å²) in [5.41, 5.74) is 0.210. The van der Waals surface area contributed by atoms with Crippen LogP contribution in [0.15, 0.2) is 30.3 Å². The summed E-state index contributed by atoms with van der Waals surface area (Å²) in [4.78, 5) is 37.1. The first kappa shape index (κ1) is 21.5. The van der Waals surface area contributed by atoms with E-state index in [1.807, 2.05) is 6.07 Å². The molecule has 1 aromatic carbocycles. The lowest BCUT2D eigenvalue weighted by atomic mass is 10.1. The molecule has 0 aromatic heterocycles. The summed E-state index contributed by atoms with van der Waals surface area (Å²) in [6.07, 6.45) is -1.18. The monoisotopic (exact) mass is 392 g/mol. The number of carbonyl (C=O) groups excluding carboxylic acids is 2. The van der Waals surface area contributed by atoms with Crippen LogP contribution in [0.1, 0.15) is 39.2 Å². The SMILES string of the molecule is CC(C)(C)OC(=O)NC1CCN(C(=O)O[C@@H](Cc2ccccc2)C(=O)O)CC1. The Morgan fingerprint density at radius 1 is 1.18 bits per heavy atom. The maximum absolute atomic E-state index is 12.3. The molecule has 0 spiro atoms. The van der Waals surface area contributed by atoms with Gasteiger partial charge in [-0.25, -0.2) is 14.4 Å². The van der Waals surface area contributed by atoms with Gasteiger partial charge >= 0.3 is 18.2 Å². The minimum Gasteiger partial charge on any atom is -0.478 e. The van der Waals surface area contributed by atoms with E-state index in [-0.39, 0.29) is 12.5 Å². The number of rotatable bonds is 5. The molecule has 0 aliphatic carbocycles. The number of amides is 2. The van der Waals surface area contributed by atoms with Gasteiger partial charge in [-0.3, -0.25) is 0 Å². The molecule has 1 aliphatic heterocycles. The zero-order chi connectivity index (χ0) is 20.7. The van der Waals surface area contributed by atoms with Crippen molar-refractivity contribution in [1.82, 2.24) is 10.2 Å². The number of aliphatic carboxylic acids is 1. The molecule has 1 aliphatic rings. The Balaban J connectivity index is 1.81. The largest absolute Gasteiger partial charge is 0.478 e. The first-order chi connectivity index (χ1) is 13.1. The number of benzene rings is 1. The normalized spacial score (nSPS) is 16.2. The Morgan fingerprint density at radius 2 is 1.79 bits per heavy atom. The van der Waals surface area contributed by atoms with Crippen LogP contribution < -0.4 is 5.32 Å². The van der Waals surface area contributed by atoms with Crippen molar-refractivity contribution in [2.45, 2.75) is 57.8 Å². The summed E-state index contributed by atoms with van der Waals surface area (Å²) >= 11 is 0. The number of alkyl carbamates (subject to hydrolysis) is 1. The van der Waals surface area contributed by atoms with Gasteiger partial charge in [-0.15, -0.1) is 0 Å². The molecule has 2 N–H and O–H groups in total. The molecule has 8 heteroatoms. The summed E-state index contributed by atoms with van der Waals surface area (Å²) in [6.45, 7) is 6.12. The molecular weight excluding hydrogens is 364 g/mol. The number of carboxylic acids is 1.